The Bertz CT molecular complexity index is 1610. The van der Waals surface area contributed by atoms with Crippen molar-refractivity contribution >= 4 is 33.2 Å². The fourth-order valence-corrected chi connectivity index (χ4v) is 7.15. The number of hydroxylamine groups is 1. The third-order valence-corrected chi connectivity index (χ3v) is 9.36. The number of nitrogens with zero attached hydrogens (tertiary/aromatic N) is 3. The first-order valence-corrected chi connectivity index (χ1v) is 14.5. The second-order valence-electron chi connectivity index (χ2n) is 9.83. The highest BCUT2D eigenvalue weighted by Crippen LogP contribution is 2.46. The minimum atomic E-state index is -4.31. The molecule has 0 bridgehead atoms. The van der Waals surface area contributed by atoms with Gasteiger partial charge in [-0.05, 0) is 67.4 Å². The van der Waals surface area contributed by atoms with Crippen LogP contribution in [-0.4, -0.2) is 55.2 Å². The van der Waals surface area contributed by atoms with Gasteiger partial charge in [0.25, 0.3) is 11.8 Å². The number of fused-ring (bicyclic) bond motifs is 1. The van der Waals surface area contributed by atoms with Crippen LogP contribution in [0.1, 0.15) is 25.3 Å². The zero-order chi connectivity index (χ0) is 29.4. The monoisotopic (exact) mass is 578 g/mol. The SMILES string of the molecule is CC[C@]12C(=O)N(c3ccccc3)N=C1CCN(S(=O)(=O)c1ccc(Oc3cc(C)cc(OC)c3)cc1)[C@H]2C(=O)NO. The van der Waals surface area contributed by atoms with E-state index in [1.54, 1.807) is 55.9 Å². The summed E-state index contributed by atoms with van der Waals surface area (Å²) in [7, 11) is -2.75. The zero-order valence-corrected chi connectivity index (χ0v) is 23.6. The molecule has 3 aromatic rings. The Labute approximate surface area is 238 Å². The van der Waals surface area contributed by atoms with Crippen molar-refractivity contribution in [3.63, 3.8) is 0 Å². The van der Waals surface area contributed by atoms with E-state index in [-0.39, 0.29) is 24.3 Å². The van der Waals surface area contributed by atoms with Crippen LogP contribution in [0.25, 0.3) is 0 Å². The summed E-state index contributed by atoms with van der Waals surface area (Å²) in [6.07, 6.45) is 0.221. The van der Waals surface area contributed by atoms with Gasteiger partial charge in [-0.2, -0.15) is 14.4 Å². The molecule has 2 aliphatic rings. The van der Waals surface area contributed by atoms with Crippen molar-refractivity contribution in [1.29, 1.82) is 0 Å². The minimum absolute atomic E-state index is 0.0881. The van der Waals surface area contributed by atoms with Crippen LogP contribution in [0.3, 0.4) is 0 Å². The molecule has 11 nitrogen and oxygen atoms in total. The number of rotatable bonds is 8. The maximum atomic E-state index is 14.0. The third-order valence-electron chi connectivity index (χ3n) is 7.48. The van der Waals surface area contributed by atoms with E-state index in [0.717, 1.165) is 9.87 Å². The van der Waals surface area contributed by atoms with E-state index in [2.05, 4.69) is 5.10 Å². The lowest BCUT2D eigenvalue weighted by atomic mass is 9.70. The molecule has 2 aliphatic heterocycles. The van der Waals surface area contributed by atoms with Crippen LogP contribution < -0.4 is 20.0 Å². The van der Waals surface area contributed by atoms with Crippen LogP contribution >= 0.6 is 0 Å². The molecule has 3 aromatic carbocycles. The molecule has 2 atom stereocenters. The fourth-order valence-electron chi connectivity index (χ4n) is 5.52. The van der Waals surface area contributed by atoms with Crippen molar-refractivity contribution in [3.8, 4) is 17.2 Å². The molecule has 12 heteroatoms. The lowest BCUT2D eigenvalue weighted by molar-refractivity contribution is -0.142. The largest absolute Gasteiger partial charge is 0.497 e. The molecule has 5 rings (SSSR count). The molecule has 2 amide bonds. The van der Waals surface area contributed by atoms with Crippen LogP contribution in [0.5, 0.6) is 17.2 Å². The average Bonchev–Trinajstić information content (AvgIpc) is 3.28. The van der Waals surface area contributed by atoms with Crippen molar-refractivity contribution in [2.24, 2.45) is 10.5 Å². The number of para-hydroxylation sites is 1. The summed E-state index contributed by atoms with van der Waals surface area (Å²) < 4.78 is 40.1. The Hall–Kier alpha value is -4.26. The van der Waals surface area contributed by atoms with Gasteiger partial charge in [0.05, 0.1) is 23.4 Å². The molecule has 214 valence electrons. The second kappa shape index (κ2) is 11.0. The van der Waals surface area contributed by atoms with Gasteiger partial charge in [-0.1, -0.05) is 25.1 Å². The van der Waals surface area contributed by atoms with Crippen molar-refractivity contribution < 1.29 is 32.7 Å². The van der Waals surface area contributed by atoms with Gasteiger partial charge in [0.2, 0.25) is 10.0 Å². The molecule has 0 saturated carbocycles. The lowest BCUT2D eigenvalue weighted by Crippen LogP contribution is -2.66. The molecule has 0 aromatic heterocycles. The molecule has 1 fully saturated rings. The predicted molar refractivity (Wildman–Crippen MR) is 151 cm³/mol. The Morgan fingerprint density at radius 1 is 1.07 bits per heavy atom. The molecule has 2 N–H and O–H groups in total. The summed E-state index contributed by atoms with van der Waals surface area (Å²) >= 11 is 0. The topological polar surface area (TPSA) is 138 Å². The molecular formula is C29H30N4O7S. The van der Waals surface area contributed by atoms with E-state index in [1.165, 1.54) is 29.3 Å². The highest BCUT2D eigenvalue weighted by Gasteiger charge is 2.63. The lowest BCUT2D eigenvalue weighted by Gasteiger charge is -2.44. The minimum Gasteiger partial charge on any atom is -0.497 e. The number of nitrogens with one attached hydrogen (secondary N) is 1. The number of amides is 2. The number of piperidine rings is 1. The Kier molecular flexibility index (Phi) is 7.56. The number of ether oxygens (including phenoxy) is 2. The molecule has 1 saturated heterocycles. The van der Waals surface area contributed by atoms with E-state index in [4.69, 9.17) is 9.47 Å². The van der Waals surface area contributed by atoms with Crippen LogP contribution in [-0.2, 0) is 19.6 Å². The van der Waals surface area contributed by atoms with Crippen molar-refractivity contribution in [2.45, 2.75) is 37.6 Å². The Morgan fingerprint density at radius 3 is 2.39 bits per heavy atom. The van der Waals surface area contributed by atoms with E-state index in [0.29, 0.717) is 28.6 Å². The maximum Gasteiger partial charge on any atom is 0.263 e. The molecule has 0 radical (unpaired) electrons. The number of aryl methyl sites for hydroxylation is 1. The number of carbonyl (C=O) groups is 2. The molecular weight excluding hydrogens is 548 g/mol. The quantitative estimate of drug-likeness (QED) is 0.306. The summed E-state index contributed by atoms with van der Waals surface area (Å²) in [6.45, 7) is 3.48. The predicted octanol–water partition coefficient (Wildman–Crippen LogP) is 3.86. The van der Waals surface area contributed by atoms with Gasteiger partial charge in [0.1, 0.15) is 28.7 Å². The van der Waals surface area contributed by atoms with Crippen molar-refractivity contribution in [1.82, 2.24) is 9.79 Å². The summed E-state index contributed by atoms with van der Waals surface area (Å²) in [5.74, 6) is -0.0135. The van der Waals surface area contributed by atoms with E-state index in [9.17, 15) is 23.2 Å². The normalized spacial score (nSPS) is 20.8. The van der Waals surface area contributed by atoms with Crippen molar-refractivity contribution in [2.75, 3.05) is 18.7 Å². The van der Waals surface area contributed by atoms with Crippen LogP contribution in [0.2, 0.25) is 0 Å². The molecule has 41 heavy (non-hydrogen) atoms. The summed E-state index contributed by atoms with van der Waals surface area (Å²) in [6, 6.07) is 18.3. The zero-order valence-electron chi connectivity index (χ0n) is 22.8. The van der Waals surface area contributed by atoms with Crippen LogP contribution in [0.4, 0.5) is 5.69 Å². The highest BCUT2D eigenvalue weighted by molar-refractivity contribution is 7.89. The van der Waals surface area contributed by atoms with Gasteiger partial charge >= 0.3 is 0 Å². The van der Waals surface area contributed by atoms with E-state index in [1.807, 2.05) is 19.1 Å². The van der Waals surface area contributed by atoms with E-state index >= 15 is 0 Å². The van der Waals surface area contributed by atoms with Gasteiger partial charge in [0, 0.05) is 19.0 Å². The number of hydrogen-bond donors (Lipinski definition) is 2. The first-order chi connectivity index (χ1) is 19.6. The van der Waals surface area contributed by atoms with Gasteiger partial charge in [0.15, 0.2) is 0 Å². The molecule has 0 spiro atoms. The number of benzene rings is 3. The summed E-state index contributed by atoms with van der Waals surface area (Å²) in [4.78, 5) is 27.0. The number of carbonyl (C=O) groups excluding carboxylic acids is 2. The number of hydrazone groups is 1. The summed E-state index contributed by atoms with van der Waals surface area (Å²) in [5, 5.41) is 15.4. The standard InChI is InChI=1S/C29H30N4O7S/c1-4-29-25(30-33(28(29)35)20-8-6-5-7-9-20)14-15-32(26(29)27(34)31-36)41(37,38)24-12-10-21(11-13-24)40-23-17-19(2)16-22(18-23)39-3/h5-13,16-18,26,36H,4,14-15H2,1-3H3,(H,31,34)/t26-,29-/m0/s1. The van der Waals surface area contributed by atoms with Gasteiger partial charge in [-0.25, -0.2) is 13.9 Å². The molecule has 0 unspecified atom stereocenters. The third kappa shape index (κ3) is 4.83. The highest BCUT2D eigenvalue weighted by atomic mass is 32.2. The molecule has 2 heterocycles. The number of hydrogen-bond acceptors (Lipinski definition) is 8. The van der Waals surface area contributed by atoms with Gasteiger partial charge in [-0.3, -0.25) is 14.8 Å². The van der Waals surface area contributed by atoms with E-state index < -0.39 is 33.3 Å². The fraction of sp³-hybridized carbons (Fsp3) is 0.276. The second-order valence-corrected chi connectivity index (χ2v) is 11.7. The smallest absolute Gasteiger partial charge is 0.263 e. The first kappa shape index (κ1) is 28.3. The number of methoxy groups -OCH3 is 1. The average molecular weight is 579 g/mol. The summed E-state index contributed by atoms with van der Waals surface area (Å²) in [5.41, 5.74) is 1.80. The molecule has 0 aliphatic carbocycles. The van der Waals surface area contributed by atoms with Crippen molar-refractivity contribution in [3.05, 3.63) is 78.4 Å². The first-order valence-electron chi connectivity index (χ1n) is 13.0. The Balaban J connectivity index is 1.48. The van der Waals surface area contributed by atoms with Gasteiger partial charge in [-0.15, -0.1) is 0 Å². The van der Waals surface area contributed by atoms with Crippen LogP contribution in [0, 0.1) is 12.3 Å². The maximum absolute atomic E-state index is 14.0. The van der Waals surface area contributed by atoms with Crippen LogP contribution in [0.15, 0.2) is 82.8 Å². The number of sulfonamides is 1. The van der Waals surface area contributed by atoms with Gasteiger partial charge < -0.3 is 9.47 Å². The Morgan fingerprint density at radius 2 is 1.76 bits per heavy atom. The number of anilines is 1.